The van der Waals surface area contributed by atoms with E-state index < -0.39 is 0 Å². The number of hydrogen-bond donors (Lipinski definition) is 1. The van der Waals surface area contributed by atoms with Crippen LogP contribution in [0.5, 0.6) is 5.75 Å². The molecule has 1 saturated heterocycles. The van der Waals surface area contributed by atoms with Gasteiger partial charge in [0, 0.05) is 37.4 Å². The van der Waals surface area contributed by atoms with E-state index in [0.717, 1.165) is 41.6 Å². The Morgan fingerprint density at radius 1 is 0.968 bits per heavy atom. The third-order valence-corrected chi connectivity index (χ3v) is 5.38. The summed E-state index contributed by atoms with van der Waals surface area (Å²) in [5.41, 5.74) is 3.90. The van der Waals surface area contributed by atoms with Gasteiger partial charge in [-0.3, -0.25) is 0 Å². The second-order valence-electron chi connectivity index (χ2n) is 7.45. The van der Waals surface area contributed by atoms with Crippen molar-refractivity contribution in [3.8, 4) is 17.0 Å². The van der Waals surface area contributed by atoms with E-state index in [1.165, 1.54) is 5.56 Å². The van der Waals surface area contributed by atoms with E-state index in [1.807, 2.05) is 60.4 Å². The standard InChI is InChI=1S/C24H27N5O2/c1-3-31-20-10-8-19(9-11-20)25-24(30)29-16-14-28(15-17-29)23-13-12-22(26-27-23)21-7-5-4-6-18(21)2/h4-13H,3,14-17H2,1-2H3,(H,25,30). The van der Waals surface area contributed by atoms with Crippen LogP contribution in [0.25, 0.3) is 11.3 Å². The zero-order valence-corrected chi connectivity index (χ0v) is 17.9. The molecule has 1 aliphatic heterocycles. The molecule has 1 N–H and O–H groups in total. The molecule has 2 aromatic carbocycles. The van der Waals surface area contributed by atoms with Crippen LogP contribution in [0.1, 0.15) is 12.5 Å². The summed E-state index contributed by atoms with van der Waals surface area (Å²) in [6.45, 7) is 7.33. The molecular formula is C24H27N5O2. The lowest BCUT2D eigenvalue weighted by molar-refractivity contribution is 0.208. The molecule has 0 spiro atoms. The van der Waals surface area contributed by atoms with E-state index in [2.05, 4.69) is 39.5 Å². The molecular weight excluding hydrogens is 390 g/mol. The highest BCUT2D eigenvalue weighted by molar-refractivity contribution is 5.89. The van der Waals surface area contributed by atoms with Gasteiger partial charge in [-0.05, 0) is 55.8 Å². The van der Waals surface area contributed by atoms with Crippen molar-refractivity contribution in [3.05, 3.63) is 66.2 Å². The molecule has 0 atom stereocenters. The van der Waals surface area contributed by atoms with E-state index in [9.17, 15) is 4.79 Å². The van der Waals surface area contributed by atoms with Crippen molar-refractivity contribution < 1.29 is 9.53 Å². The normalized spacial score (nSPS) is 13.7. The number of aromatic nitrogens is 2. The molecule has 2 amide bonds. The molecule has 0 aliphatic carbocycles. The molecule has 1 aromatic heterocycles. The Hall–Kier alpha value is -3.61. The third-order valence-electron chi connectivity index (χ3n) is 5.38. The zero-order valence-electron chi connectivity index (χ0n) is 17.9. The van der Waals surface area contributed by atoms with Crippen LogP contribution in [-0.4, -0.2) is 53.9 Å². The van der Waals surface area contributed by atoms with Gasteiger partial charge in [0.1, 0.15) is 5.75 Å². The summed E-state index contributed by atoms with van der Waals surface area (Å²) < 4.78 is 5.43. The van der Waals surface area contributed by atoms with Crippen molar-refractivity contribution >= 4 is 17.5 Å². The Labute approximate surface area is 182 Å². The first-order valence-electron chi connectivity index (χ1n) is 10.6. The Kier molecular flexibility index (Phi) is 6.31. The van der Waals surface area contributed by atoms with Gasteiger partial charge in [-0.1, -0.05) is 24.3 Å². The van der Waals surface area contributed by atoms with Crippen molar-refractivity contribution in [1.29, 1.82) is 0 Å². The summed E-state index contributed by atoms with van der Waals surface area (Å²) in [6, 6.07) is 19.5. The highest BCUT2D eigenvalue weighted by Crippen LogP contribution is 2.22. The van der Waals surface area contributed by atoms with Gasteiger partial charge in [-0.25, -0.2) is 4.79 Å². The largest absolute Gasteiger partial charge is 0.494 e. The van der Waals surface area contributed by atoms with E-state index in [-0.39, 0.29) is 6.03 Å². The number of urea groups is 1. The number of piperazine rings is 1. The number of nitrogens with one attached hydrogen (secondary N) is 1. The number of benzene rings is 2. The maximum absolute atomic E-state index is 12.6. The van der Waals surface area contributed by atoms with Gasteiger partial charge in [0.2, 0.25) is 0 Å². The lowest BCUT2D eigenvalue weighted by Crippen LogP contribution is -2.50. The maximum atomic E-state index is 12.6. The minimum atomic E-state index is -0.0928. The molecule has 0 saturated carbocycles. The molecule has 1 fully saturated rings. The van der Waals surface area contributed by atoms with Crippen LogP contribution in [-0.2, 0) is 0 Å². The maximum Gasteiger partial charge on any atom is 0.321 e. The summed E-state index contributed by atoms with van der Waals surface area (Å²) in [7, 11) is 0. The van der Waals surface area contributed by atoms with Gasteiger partial charge < -0.3 is 19.9 Å². The Balaban J connectivity index is 1.32. The first-order valence-corrected chi connectivity index (χ1v) is 10.6. The first-order chi connectivity index (χ1) is 15.1. The second kappa shape index (κ2) is 9.47. The Bertz CT molecular complexity index is 1010. The van der Waals surface area contributed by atoms with E-state index >= 15 is 0 Å². The monoisotopic (exact) mass is 417 g/mol. The molecule has 31 heavy (non-hydrogen) atoms. The van der Waals surface area contributed by atoms with E-state index in [1.54, 1.807) is 0 Å². The number of nitrogens with zero attached hydrogens (tertiary/aromatic N) is 4. The predicted molar refractivity (Wildman–Crippen MR) is 123 cm³/mol. The van der Waals surface area contributed by atoms with Crippen molar-refractivity contribution in [3.63, 3.8) is 0 Å². The first kappa shape index (κ1) is 20.7. The topological polar surface area (TPSA) is 70.6 Å². The van der Waals surface area contributed by atoms with Crippen molar-refractivity contribution in [2.45, 2.75) is 13.8 Å². The van der Waals surface area contributed by atoms with Gasteiger partial charge in [-0.15, -0.1) is 10.2 Å². The van der Waals surface area contributed by atoms with Crippen LogP contribution in [0.3, 0.4) is 0 Å². The van der Waals surface area contributed by atoms with Gasteiger partial charge in [0.15, 0.2) is 5.82 Å². The summed E-state index contributed by atoms with van der Waals surface area (Å²) in [6.07, 6.45) is 0. The minimum absolute atomic E-state index is 0.0928. The molecule has 0 radical (unpaired) electrons. The summed E-state index contributed by atoms with van der Waals surface area (Å²) in [5.74, 6) is 1.63. The van der Waals surface area contributed by atoms with Crippen LogP contribution in [0.4, 0.5) is 16.3 Å². The fourth-order valence-corrected chi connectivity index (χ4v) is 3.64. The fraction of sp³-hybridized carbons (Fsp3) is 0.292. The zero-order chi connectivity index (χ0) is 21.6. The van der Waals surface area contributed by atoms with E-state index in [0.29, 0.717) is 19.7 Å². The third kappa shape index (κ3) is 4.94. The number of ether oxygens (including phenoxy) is 1. The smallest absolute Gasteiger partial charge is 0.321 e. The van der Waals surface area contributed by atoms with Gasteiger partial charge in [-0.2, -0.15) is 0 Å². The average Bonchev–Trinajstić information content (AvgIpc) is 2.81. The van der Waals surface area contributed by atoms with Crippen LogP contribution in [0.15, 0.2) is 60.7 Å². The predicted octanol–water partition coefficient (Wildman–Crippen LogP) is 4.20. The van der Waals surface area contributed by atoms with Crippen LogP contribution >= 0.6 is 0 Å². The van der Waals surface area contributed by atoms with Crippen molar-refractivity contribution in [2.24, 2.45) is 0 Å². The van der Waals surface area contributed by atoms with Gasteiger partial charge in [0.25, 0.3) is 0 Å². The van der Waals surface area contributed by atoms with Crippen molar-refractivity contribution in [2.75, 3.05) is 43.0 Å². The molecule has 7 nitrogen and oxygen atoms in total. The number of carbonyl (C=O) groups is 1. The number of aryl methyl sites for hydroxylation is 1. The lowest BCUT2D eigenvalue weighted by Gasteiger charge is -2.35. The van der Waals surface area contributed by atoms with Crippen LogP contribution in [0.2, 0.25) is 0 Å². The van der Waals surface area contributed by atoms with Gasteiger partial charge in [0.05, 0.1) is 12.3 Å². The lowest BCUT2D eigenvalue weighted by atomic mass is 10.1. The number of rotatable bonds is 5. The number of carbonyl (C=O) groups excluding carboxylic acids is 1. The fourth-order valence-electron chi connectivity index (χ4n) is 3.64. The van der Waals surface area contributed by atoms with Gasteiger partial charge >= 0.3 is 6.03 Å². The van der Waals surface area contributed by atoms with Crippen molar-refractivity contribution in [1.82, 2.24) is 15.1 Å². The number of amides is 2. The minimum Gasteiger partial charge on any atom is -0.494 e. The molecule has 0 unspecified atom stereocenters. The highest BCUT2D eigenvalue weighted by Gasteiger charge is 2.22. The SMILES string of the molecule is CCOc1ccc(NC(=O)N2CCN(c3ccc(-c4ccccc4C)nn3)CC2)cc1. The van der Waals surface area contributed by atoms with Crippen LogP contribution < -0.4 is 15.0 Å². The average molecular weight is 418 g/mol. The molecule has 7 heteroatoms. The number of anilines is 2. The molecule has 0 bridgehead atoms. The molecule has 1 aliphatic rings. The number of hydrogen-bond acceptors (Lipinski definition) is 5. The quantitative estimate of drug-likeness (QED) is 0.674. The van der Waals surface area contributed by atoms with E-state index in [4.69, 9.17) is 4.74 Å². The molecule has 160 valence electrons. The molecule has 4 rings (SSSR count). The Morgan fingerprint density at radius 2 is 1.71 bits per heavy atom. The molecule has 2 heterocycles. The van der Waals surface area contributed by atoms with Crippen LogP contribution in [0, 0.1) is 6.92 Å². The summed E-state index contributed by atoms with van der Waals surface area (Å²) >= 11 is 0. The second-order valence-corrected chi connectivity index (χ2v) is 7.45. The summed E-state index contributed by atoms with van der Waals surface area (Å²) in [5, 5.41) is 11.8. The molecule has 3 aromatic rings. The Morgan fingerprint density at radius 3 is 2.35 bits per heavy atom. The summed E-state index contributed by atoms with van der Waals surface area (Å²) in [4.78, 5) is 16.6. The highest BCUT2D eigenvalue weighted by atomic mass is 16.5.